The maximum atomic E-state index is 4.80. The van der Waals surface area contributed by atoms with Gasteiger partial charge < -0.3 is 20.1 Å². The first kappa shape index (κ1) is 18.6. The number of rotatable bonds is 5. The summed E-state index contributed by atoms with van der Waals surface area (Å²) in [6, 6.07) is 12.4. The molecule has 4 aromatic rings. The number of fused-ring (bicyclic) bond motifs is 1. The summed E-state index contributed by atoms with van der Waals surface area (Å²) in [5.41, 5.74) is 5.31. The number of anilines is 3. The van der Waals surface area contributed by atoms with E-state index in [9.17, 15) is 0 Å². The fourth-order valence-corrected chi connectivity index (χ4v) is 4.00. The van der Waals surface area contributed by atoms with Gasteiger partial charge in [0.1, 0.15) is 0 Å². The molecule has 0 bridgehead atoms. The molecule has 4 heterocycles. The molecule has 1 aliphatic rings. The van der Waals surface area contributed by atoms with Crippen LogP contribution in [0.15, 0.2) is 61.2 Å². The molecule has 0 amide bonds. The Morgan fingerprint density at radius 2 is 2.00 bits per heavy atom. The molecular formula is C23H25N7. The second-order valence-electron chi connectivity index (χ2n) is 7.40. The van der Waals surface area contributed by atoms with Gasteiger partial charge in [-0.3, -0.25) is 4.98 Å². The Balaban J connectivity index is 1.44. The summed E-state index contributed by atoms with van der Waals surface area (Å²) in [6.07, 6.45) is 7.68. The first-order valence-electron chi connectivity index (χ1n) is 10.4. The third-order valence-electron chi connectivity index (χ3n) is 5.54. The quantitative estimate of drug-likeness (QED) is 0.534. The summed E-state index contributed by atoms with van der Waals surface area (Å²) in [6.45, 7) is 7.09. The van der Waals surface area contributed by atoms with Gasteiger partial charge in [0.15, 0.2) is 0 Å². The molecule has 30 heavy (non-hydrogen) atoms. The Morgan fingerprint density at radius 3 is 2.87 bits per heavy atom. The van der Waals surface area contributed by atoms with Crippen LogP contribution in [-0.2, 0) is 6.54 Å². The van der Waals surface area contributed by atoms with Gasteiger partial charge in [0.05, 0.1) is 17.4 Å². The highest BCUT2D eigenvalue weighted by molar-refractivity contribution is 5.94. The summed E-state index contributed by atoms with van der Waals surface area (Å²) in [7, 11) is 0. The first-order valence-corrected chi connectivity index (χ1v) is 10.4. The Bertz CT molecular complexity index is 1160. The number of aryl methyl sites for hydroxylation is 1. The van der Waals surface area contributed by atoms with Crippen molar-refractivity contribution in [3.8, 4) is 11.3 Å². The molecule has 3 aromatic heterocycles. The lowest BCUT2D eigenvalue weighted by molar-refractivity contribution is 0.589. The van der Waals surface area contributed by atoms with Crippen molar-refractivity contribution in [2.24, 2.45) is 0 Å². The fraction of sp³-hybridized carbons (Fsp3) is 0.261. The molecule has 5 rings (SSSR count). The Hall–Kier alpha value is -3.45. The van der Waals surface area contributed by atoms with E-state index in [1.807, 2.05) is 24.5 Å². The molecule has 152 valence electrons. The van der Waals surface area contributed by atoms with Crippen LogP contribution in [0.1, 0.15) is 6.92 Å². The minimum Gasteiger partial charge on any atom is -0.369 e. The first-order chi connectivity index (χ1) is 14.8. The van der Waals surface area contributed by atoms with E-state index < -0.39 is 0 Å². The highest BCUT2D eigenvalue weighted by Crippen LogP contribution is 2.30. The van der Waals surface area contributed by atoms with Crippen LogP contribution in [-0.4, -0.2) is 45.7 Å². The minimum atomic E-state index is 0.594. The number of benzene rings is 1. The Morgan fingerprint density at radius 1 is 1.10 bits per heavy atom. The van der Waals surface area contributed by atoms with Crippen LogP contribution in [0.25, 0.3) is 22.2 Å². The van der Waals surface area contributed by atoms with Crippen molar-refractivity contribution in [3.63, 3.8) is 0 Å². The largest absolute Gasteiger partial charge is 0.369 e. The van der Waals surface area contributed by atoms with E-state index in [0.29, 0.717) is 5.95 Å². The lowest BCUT2D eigenvalue weighted by atomic mass is 10.1. The van der Waals surface area contributed by atoms with Gasteiger partial charge in [0, 0.05) is 73.6 Å². The maximum Gasteiger partial charge on any atom is 0.227 e. The van der Waals surface area contributed by atoms with Crippen molar-refractivity contribution in [1.82, 2.24) is 24.8 Å². The molecule has 0 saturated carbocycles. The van der Waals surface area contributed by atoms with E-state index in [0.717, 1.165) is 60.6 Å². The summed E-state index contributed by atoms with van der Waals surface area (Å²) in [4.78, 5) is 15.9. The molecule has 0 aliphatic carbocycles. The van der Waals surface area contributed by atoms with E-state index in [1.165, 1.54) is 5.69 Å². The molecule has 2 N–H and O–H groups in total. The van der Waals surface area contributed by atoms with Crippen molar-refractivity contribution < 1.29 is 0 Å². The van der Waals surface area contributed by atoms with Crippen LogP contribution >= 0.6 is 0 Å². The lowest BCUT2D eigenvalue weighted by Crippen LogP contribution is -2.43. The third-order valence-corrected chi connectivity index (χ3v) is 5.54. The number of nitrogens with zero attached hydrogens (tertiary/aromatic N) is 5. The number of nitrogens with one attached hydrogen (secondary N) is 2. The summed E-state index contributed by atoms with van der Waals surface area (Å²) in [5.74, 6) is 0.594. The monoisotopic (exact) mass is 399 g/mol. The molecular weight excluding hydrogens is 374 g/mol. The standard InChI is InChI=1S/C23H25N7/c1-2-29-16-20(19-6-8-25-15-22(19)29)21-7-9-26-23(28-21)27-17-4-3-5-18(14-17)30-12-10-24-11-13-30/h3-9,14-16,24H,2,10-13H2,1H3,(H,26,27,28). The highest BCUT2D eigenvalue weighted by Gasteiger charge is 2.13. The zero-order valence-electron chi connectivity index (χ0n) is 17.0. The predicted molar refractivity (Wildman–Crippen MR) is 121 cm³/mol. The summed E-state index contributed by atoms with van der Waals surface area (Å²) in [5, 5.41) is 7.93. The minimum absolute atomic E-state index is 0.594. The van der Waals surface area contributed by atoms with Crippen LogP contribution < -0.4 is 15.5 Å². The van der Waals surface area contributed by atoms with Crippen LogP contribution in [0.2, 0.25) is 0 Å². The highest BCUT2D eigenvalue weighted by atomic mass is 15.2. The van der Waals surface area contributed by atoms with Crippen LogP contribution in [0.5, 0.6) is 0 Å². The van der Waals surface area contributed by atoms with Gasteiger partial charge in [-0.1, -0.05) is 6.07 Å². The Kier molecular flexibility index (Phi) is 5.03. The molecule has 1 aromatic carbocycles. The van der Waals surface area contributed by atoms with E-state index in [1.54, 1.807) is 6.20 Å². The maximum absolute atomic E-state index is 4.80. The predicted octanol–water partition coefficient (Wildman–Crippen LogP) is 3.67. The Labute approximate surface area is 175 Å². The van der Waals surface area contributed by atoms with Gasteiger partial charge in [-0.15, -0.1) is 0 Å². The average Bonchev–Trinajstić information content (AvgIpc) is 3.19. The topological polar surface area (TPSA) is 70.9 Å². The molecule has 7 heteroatoms. The number of piperazine rings is 1. The number of hydrogen-bond donors (Lipinski definition) is 2. The molecule has 7 nitrogen and oxygen atoms in total. The van der Waals surface area contributed by atoms with Crippen molar-refractivity contribution in [2.45, 2.75) is 13.5 Å². The van der Waals surface area contributed by atoms with Gasteiger partial charge in [0.25, 0.3) is 0 Å². The summed E-state index contributed by atoms with van der Waals surface area (Å²) >= 11 is 0. The van der Waals surface area contributed by atoms with Crippen molar-refractivity contribution in [2.75, 3.05) is 36.4 Å². The second kappa shape index (κ2) is 8.12. The number of hydrogen-bond acceptors (Lipinski definition) is 6. The number of aromatic nitrogens is 4. The van der Waals surface area contributed by atoms with Crippen molar-refractivity contribution in [1.29, 1.82) is 0 Å². The molecule has 1 fully saturated rings. The molecule has 0 radical (unpaired) electrons. The normalized spacial score (nSPS) is 14.2. The van der Waals surface area contributed by atoms with Gasteiger partial charge in [0.2, 0.25) is 5.95 Å². The third kappa shape index (κ3) is 3.59. The molecule has 1 aliphatic heterocycles. The van der Waals surface area contributed by atoms with Crippen LogP contribution in [0.4, 0.5) is 17.3 Å². The smallest absolute Gasteiger partial charge is 0.227 e. The van der Waals surface area contributed by atoms with Gasteiger partial charge in [-0.05, 0) is 37.3 Å². The van der Waals surface area contributed by atoms with Gasteiger partial charge >= 0.3 is 0 Å². The van der Waals surface area contributed by atoms with E-state index >= 15 is 0 Å². The molecule has 0 atom stereocenters. The number of pyridine rings is 1. The van der Waals surface area contributed by atoms with Crippen LogP contribution in [0.3, 0.4) is 0 Å². The van der Waals surface area contributed by atoms with Crippen LogP contribution in [0, 0.1) is 0 Å². The van der Waals surface area contributed by atoms with Crippen molar-refractivity contribution in [3.05, 3.63) is 61.2 Å². The zero-order chi connectivity index (χ0) is 20.3. The molecule has 0 spiro atoms. The molecule has 1 saturated heterocycles. The van der Waals surface area contributed by atoms with Gasteiger partial charge in [-0.2, -0.15) is 0 Å². The second-order valence-corrected chi connectivity index (χ2v) is 7.40. The van der Waals surface area contributed by atoms with Gasteiger partial charge in [-0.25, -0.2) is 9.97 Å². The lowest BCUT2D eigenvalue weighted by Gasteiger charge is -2.29. The molecule has 0 unspecified atom stereocenters. The van der Waals surface area contributed by atoms with E-state index in [4.69, 9.17) is 4.98 Å². The van der Waals surface area contributed by atoms with E-state index in [2.05, 4.69) is 67.5 Å². The SMILES string of the molecule is CCn1cc(-c2ccnc(Nc3cccc(N4CCNCC4)c3)n2)c2ccncc21. The average molecular weight is 400 g/mol. The fourth-order valence-electron chi connectivity index (χ4n) is 4.00. The zero-order valence-corrected chi connectivity index (χ0v) is 17.0. The summed E-state index contributed by atoms with van der Waals surface area (Å²) < 4.78 is 2.20. The van der Waals surface area contributed by atoms with Crippen molar-refractivity contribution >= 4 is 28.2 Å². The van der Waals surface area contributed by atoms with E-state index in [-0.39, 0.29) is 0 Å².